The van der Waals surface area contributed by atoms with Gasteiger partial charge in [0.25, 0.3) is 5.69 Å². The van der Waals surface area contributed by atoms with Gasteiger partial charge in [0.05, 0.1) is 16.3 Å². The van der Waals surface area contributed by atoms with Crippen LogP contribution in [0.5, 0.6) is 0 Å². The number of benzene rings is 2. The van der Waals surface area contributed by atoms with E-state index >= 15 is 0 Å². The third kappa shape index (κ3) is 5.30. The summed E-state index contributed by atoms with van der Waals surface area (Å²) >= 11 is 1.50. The summed E-state index contributed by atoms with van der Waals surface area (Å²) in [6.07, 6.45) is 3.05. The summed E-state index contributed by atoms with van der Waals surface area (Å²) in [6.45, 7) is 11.0. The lowest BCUT2D eigenvalue weighted by Crippen LogP contribution is -2.29. The molecule has 1 aliphatic rings. The van der Waals surface area contributed by atoms with Crippen molar-refractivity contribution in [1.29, 1.82) is 0 Å². The second kappa shape index (κ2) is 9.06. The van der Waals surface area contributed by atoms with E-state index in [2.05, 4.69) is 52.8 Å². The maximum atomic E-state index is 11.4. The van der Waals surface area contributed by atoms with Crippen molar-refractivity contribution in [2.24, 2.45) is 21.4 Å². The number of thiazole rings is 1. The monoisotopic (exact) mass is 462 g/mol. The molecule has 4 rings (SSSR count). The van der Waals surface area contributed by atoms with Crippen molar-refractivity contribution >= 4 is 28.4 Å². The van der Waals surface area contributed by atoms with E-state index in [0.29, 0.717) is 5.92 Å². The molecule has 0 saturated heterocycles. The van der Waals surface area contributed by atoms with Crippen molar-refractivity contribution in [3.8, 4) is 11.3 Å². The molecule has 0 spiro atoms. The Morgan fingerprint density at radius 2 is 1.97 bits per heavy atom. The van der Waals surface area contributed by atoms with Crippen molar-refractivity contribution in [1.82, 2.24) is 4.68 Å². The Morgan fingerprint density at radius 3 is 2.70 bits per heavy atom. The van der Waals surface area contributed by atoms with Crippen LogP contribution in [-0.2, 0) is 0 Å². The van der Waals surface area contributed by atoms with E-state index in [0.717, 1.165) is 51.4 Å². The third-order valence-corrected chi connectivity index (χ3v) is 6.84. The number of nitro groups is 1. The van der Waals surface area contributed by atoms with E-state index in [1.165, 1.54) is 23.8 Å². The predicted molar refractivity (Wildman–Crippen MR) is 135 cm³/mol. The fourth-order valence-electron chi connectivity index (χ4n) is 4.73. The van der Waals surface area contributed by atoms with Gasteiger partial charge < -0.3 is 0 Å². The number of aromatic nitrogens is 1. The van der Waals surface area contributed by atoms with E-state index in [9.17, 15) is 10.1 Å². The predicted octanol–water partition coefficient (Wildman–Crippen LogP) is 7.02. The van der Waals surface area contributed by atoms with Crippen LogP contribution in [0, 0.1) is 35.3 Å². The number of aryl methyl sites for hydroxylation is 2. The maximum absolute atomic E-state index is 11.4. The molecule has 1 unspecified atom stereocenters. The van der Waals surface area contributed by atoms with Crippen LogP contribution in [0.15, 0.2) is 57.9 Å². The Morgan fingerprint density at radius 1 is 1.18 bits per heavy atom. The molecule has 1 saturated carbocycles. The summed E-state index contributed by atoms with van der Waals surface area (Å²) in [5.41, 5.74) is 6.14. The molecule has 6 nitrogen and oxygen atoms in total. The van der Waals surface area contributed by atoms with E-state index in [-0.39, 0.29) is 16.0 Å². The first-order valence-electron chi connectivity index (χ1n) is 11.3. The molecule has 172 valence electrons. The molecule has 3 aromatic rings. The zero-order valence-electron chi connectivity index (χ0n) is 19.8. The number of hydrogen-bond donors (Lipinski definition) is 0. The first kappa shape index (κ1) is 23.1. The Kier molecular flexibility index (Phi) is 6.34. The number of hydrogen-bond acceptors (Lipinski definition) is 5. The van der Waals surface area contributed by atoms with Gasteiger partial charge in [-0.2, -0.15) is 5.10 Å². The SMILES string of the molecule is Cc1ccc(C)c(N=c2scc(-c3cccc([N+](=O)[O-])c3)n2N=C2CC(C)CC(C)(C)C2)c1. The van der Waals surface area contributed by atoms with Crippen molar-refractivity contribution in [2.45, 2.75) is 53.9 Å². The van der Waals surface area contributed by atoms with Gasteiger partial charge in [-0.3, -0.25) is 10.1 Å². The van der Waals surface area contributed by atoms with Crippen molar-refractivity contribution < 1.29 is 4.92 Å². The average Bonchev–Trinajstić information content (AvgIpc) is 3.11. The first-order valence-corrected chi connectivity index (χ1v) is 12.1. The average molecular weight is 463 g/mol. The van der Waals surface area contributed by atoms with Crippen LogP contribution in [-0.4, -0.2) is 15.3 Å². The summed E-state index contributed by atoms with van der Waals surface area (Å²) < 4.78 is 1.88. The molecule has 1 atom stereocenters. The lowest BCUT2D eigenvalue weighted by atomic mass is 9.72. The van der Waals surface area contributed by atoms with Gasteiger partial charge in [-0.05, 0) is 61.6 Å². The molecule has 7 heteroatoms. The second-order valence-electron chi connectivity index (χ2n) is 9.95. The van der Waals surface area contributed by atoms with Crippen LogP contribution in [0.3, 0.4) is 0 Å². The Bertz CT molecular complexity index is 1300. The molecule has 2 aromatic carbocycles. The molecule has 0 amide bonds. The normalized spacial score (nSPS) is 19.7. The lowest BCUT2D eigenvalue weighted by Gasteiger charge is -2.34. The van der Waals surface area contributed by atoms with Gasteiger partial charge in [0.2, 0.25) is 4.80 Å². The molecule has 0 aliphatic heterocycles. The summed E-state index contributed by atoms with van der Waals surface area (Å²) in [5, 5.41) is 18.5. The van der Waals surface area contributed by atoms with Gasteiger partial charge in [0.1, 0.15) is 0 Å². The van der Waals surface area contributed by atoms with Crippen molar-refractivity contribution in [3.05, 3.63) is 73.9 Å². The van der Waals surface area contributed by atoms with Gasteiger partial charge in [-0.25, -0.2) is 9.67 Å². The standard InChI is InChI=1S/C26H30N4O2S/c1-17-9-10-19(3)23(12-17)27-25-29(28-21-11-18(2)14-26(4,5)15-21)24(16-33-25)20-7-6-8-22(13-20)30(31)32/h6-10,12-13,16,18H,11,14-15H2,1-5H3. The van der Waals surface area contributed by atoms with Crippen molar-refractivity contribution in [3.63, 3.8) is 0 Å². The number of non-ortho nitro benzene ring substituents is 1. The number of rotatable bonds is 4. The van der Waals surface area contributed by atoms with Gasteiger partial charge in [0, 0.05) is 28.8 Å². The Balaban J connectivity index is 1.91. The molecule has 1 aliphatic carbocycles. The molecular formula is C26H30N4O2S. The smallest absolute Gasteiger partial charge is 0.258 e. The molecular weight excluding hydrogens is 432 g/mol. The van der Waals surface area contributed by atoms with E-state index in [1.54, 1.807) is 12.1 Å². The van der Waals surface area contributed by atoms with Crippen molar-refractivity contribution in [2.75, 3.05) is 0 Å². The number of nitrogens with zero attached hydrogens (tertiary/aromatic N) is 4. The molecule has 1 heterocycles. The molecule has 0 radical (unpaired) electrons. The lowest BCUT2D eigenvalue weighted by molar-refractivity contribution is -0.384. The molecule has 33 heavy (non-hydrogen) atoms. The Hall–Kier alpha value is -3.06. The minimum atomic E-state index is -0.362. The highest BCUT2D eigenvalue weighted by molar-refractivity contribution is 7.07. The van der Waals surface area contributed by atoms with Gasteiger partial charge in [-0.15, -0.1) is 11.3 Å². The minimum Gasteiger partial charge on any atom is -0.258 e. The maximum Gasteiger partial charge on any atom is 0.270 e. The zero-order chi connectivity index (χ0) is 23.8. The number of nitro benzene ring substituents is 1. The van der Waals surface area contributed by atoms with Crippen LogP contribution in [0.25, 0.3) is 11.3 Å². The van der Waals surface area contributed by atoms with Gasteiger partial charge in [0.15, 0.2) is 0 Å². The molecule has 1 fully saturated rings. The highest BCUT2D eigenvalue weighted by Crippen LogP contribution is 2.37. The molecule has 0 bridgehead atoms. The summed E-state index contributed by atoms with van der Waals surface area (Å²) in [5.74, 6) is 0.562. The fourth-order valence-corrected chi connectivity index (χ4v) is 5.57. The third-order valence-electron chi connectivity index (χ3n) is 6.03. The highest BCUT2D eigenvalue weighted by atomic mass is 32.1. The first-order chi connectivity index (χ1) is 15.6. The van der Waals surface area contributed by atoms with Gasteiger partial charge in [-0.1, -0.05) is 45.0 Å². The summed E-state index contributed by atoms with van der Waals surface area (Å²) in [6, 6.07) is 13.0. The summed E-state index contributed by atoms with van der Waals surface area (Å²) in [4.78, 5) is 16.7. The fraction of sp³-hybridized carbons (Fsp3) is 0.385. The van der Waals surface area contributed by atoms with Crippen LogP contribution >= 0.6 is 11.3 Å². The van der Waals surface area contributed by atoms with E-state index in [4.69, 9.17) is 10.1 Å². The van der Waals surface area contributed by atoms with Crippen LogP contribution in [0.1, 0.15) is 51.2 Å². The summed E-state index contributed by atoms with van der Waals surface area (Å²) in [7, 11) is 0. The largest absolute Gasteiger partial charge is 0.270 e. The van der Waals surface area contributed by atoms with Crippen LogP contribution in [0.2, 0.25) is 0 Å². The Labute approximate surface area is 198 Å². The van der Waals surface area contributed by atoms with Crippen LogP contribution < -0.4 is 4.80 Å². The van der Waals surface area contributed by atoms with Gasteiger partial charge >= 0.3 is 0 Å². The highest BCUT2D eigenvalue weighted by Gasteiger charge is 2.30. The quantitative estimate of drug-likeness (QED) is 0.308. The minimum absolute atomic E-state index is 0.0679. The van der Waals surface area contributed by atoms with E-state index in [1.807, 2.05) is 16.1 Å². The molecule has 1 aromatic heterocycles. The van der Waals surface area contributed by atoms with E-state index < -0.39 is 0 Å². The molecule has 0 N–H and O–H groups in total. The second-order valence-corrected chi connectivity index (χ2v) is 10.8. The zero-order valence-corrected chi connectivity index (χ0v) is 20.6. The van der Waals surface area contributed by atoms with Crippen LogP contribution in [0.4, 0.5) is 11.4 Å². The topological polar surface area (TPSA) is 72.8 Å².